The number of hydrogen-bond donors (Lipinski definition) is 2. The van der Waals surface area contributed by atoms with Crippen LogP contribution in [0.3, 0.4) is 0 Å². The number of hydrogen-bond acceptors (Lipinski definition) is 3. The molecule has 1 aromatic rings. The van der Waals surface area contributed by atoms with Crippen LogP contribution in [0.4, 0.5) is 4.39 Å². The molecule has 1 aromatic carbocycles. The number of benzene rings is 1. The predicted octanol–water partition coefficient (Wildman–Crippen LogP) is 1.67. The lowest BCUT2D eigenvalue weighted by molar-refractivity contribution is 0.270. The van der Waals surface area contributed by atoms with Crippen LogP contribution in [0.1, 0.15) is 30.9 Å². The van der Waals surface area contributed by atoms with Gasteiger partial charge in [-0.2, -0.15) is 0 Å². The third-order valence-electron chi connectivity index (χ3n) is 3.58. The number of nitrogens with one attached hydrogen (secondary N) is 1. The summed E-state index contributed by atoms with van der Waals surface area (Å²) in [4.78, 5) is -0.00694. The van der Waals surface area contributed by atoms with Gasteiger partial charge in [-0.3, -0.25) is 0 Å². The molecule has 4 nitrogen and oxygen atoms in total. The Hall–Kier alpha value is -0.980. The second-order valence-corrected chi connectivity index (χ2v) is 6.98. The van der Waals surface area contributed by atoms with E-state index in [0.29, 0.717) is 11.5 Å². The van der Waals surface area contributed by atoms with Crippen molar-refractivity contribution in [3.8, 4) is 0 Å². The van der Waals surface area contributed by atoms with Gasteiger partial charge in [0.25, 0.3) is 0 Å². The van der Waals surface area contributed by atoms with E-state index in [0.717, 1.165) is 12.8 Å². The molecule has 6 heteroatoms. The molecule has 1 saturated carbocycles. The smallest absolute Gasteiger partial charge is 0.241 e. The lowest BCUT2D eigenvalue weighted by Gasteiger charge is -2.33. The summed E-state index contributed by atoms with van der Waals surface area (Å²) in [6, 6.07) is 2.69. The fraction of sp³-hybridized carbons (Fsp3) is 0.538. The maximum Gasteiger partial charge on any atom is 0.241 e. The second-order valence-electron chi connectivity index (χ2n) is 5.30. The van der Waals surface area contributed by atoms with Crippen LogP contribution >= 0.6 is 0 Å². The van der Waals surface area contributed by atoms with Gasteiger partial charge in [0.1, 0.15) is 5.82 Å². The van der Waals surface area contributed by atoms with Gasteiger partial charge in [-0.05, 0) is 43.4 Å². The van der Waals surface area contributed by atoms with Gasteiger partial charge in [-0.25, -0.2) is 17.5 Å². The zero-order chi connectivity index (χ0) is 14.2. The molecule has 0 heterocycles. The molecule has 0 saturated heterocycles. The minimum Gasteiger partial charge on any atom is -0.326 e. The van der Waals surface area contributed by atoms with Crippen LogP contribution in [0.5, 0.6) is 0 Å². The topological polar surface area (TPSA) is 72.2 Å². The van der Waals surface area contributed by atoms with Gasteiger partial charge >= 0.3 is 0 Å². The van der Waals surface area contributed by atoms with Gasteiger partial charge in [-0.15, -0.1) is 0 Å². The Bertz CT molecular complexity index is 581. The molecule has 0 unspecified atom stereocenters. The summed E-state index contributed by atoms with van der Waals surface area (Å²) in [6.45, 7) is 3.65. The molecular weight excluding hydrogens is 267 g/mol. The zero-order valence-electron chi connectivity index (χ0n) is 11.1. The third-order valence-corrected chi connectivity index (χ3v) is 5.22. The summed E-state index contributed by atoms with van der Waals surface area (Å²) in [5.74, 6) is 0.00575. The molecule has 0 atom stereocenters. The monoisotopic (exact) mass is 286 g/mol. The van der Waals surface area contributed by atoms with Crippen molar-refractivity contribution in [2.45, 2.75) is 44.2 Å². The zero-order valence-corrected chi connectivity index (χ0v) is 11.9. The molecule has 0 aliphatic heterocycles. The molecule has 1 fully saturated rings. The molecule has 2 rings (SSSR count). The van der Waals surface area contributed by atoms with Crippen LogP contribution in [0, 0.1) is 18.7 Å². The first-order valence-electron chi connectivity index (χ1n) is 6.35. The fourth-order valence-corrected chi connectivity index (χ4v) is 3.95. The van der Waals surface area contributed by atoms with Crippen LogP contribution in [0.25, 0.3) is 0 Å². The van der Waals surface area contributed by atoms with Gasteiger partial charge in [0, 0.05) is 18.2 Å². The van der Waals surface area contributed by atoms with Crippen molar-refractivity contribution in [3.63, 3.8) is 0 Å². The van der Waals surface area contributed by atoms with E-state index in [1.54, 1.807) is 0 Å². The summed E-state index contributed by atoms with van der Waals surface area (Å²) < 4.78 is 40.9. The summed E-state index contributed by atoms with van der Waals surface area (Å²) in [7, 11) is -3.68. The van der Waals surface area contributed by atoms with E-state index in [9.17, 15) is 12.8 Å². The summed E-state index contributed by atoms with van der Waals surface area (Å²) in [5.41, 5.74) is 6.07. The van der Waals surface area contributed by atoms with Crippen molar-refractivity contribution in [2.24, 2.45) is 11.7 Å². The molecular formula is C13H19FN2O2S. The molecule has 19 heavy (non-hydrogen) atoms. The Balaban J connectivity index is 2.31. The largest absolute Gasteiger partial charge is 0.326 e. The normalized spacial score (nSPS) is 23.2. The minimum absolute atomic E-state index is 0.00694. The molecule has 0 spiro atoms. The maximum absolute atomic E-state index is 13.7. The Morgan fingerprint density at radius 3 is 2.58 bits per heavy atom. The van der Waals surface area contributed by atoms with Crippen molar-refractivity contribution < 1.29 is 12.8 Å². The molecule has 106 valence electrons. The lowest BCUT2D eigenvalue weighted by Crippen LogP contribution is -2.43. The summed E-state index contributed by atoms with van der Waals surface area (Å²) >= 11 is 0. The Labute approximate surface area is 113 Å². The van der Waals surface area contributed by atoms with E-state index < -0.39 is 15.8 Å². The van der Waals surface area contributed by atoms with Gasteiger partial charge < -0.3 is 5.73 Å². The first-order valence-corrected chi connectivity index (χ1v) is 7.83. The first kappa shape index (κ1) is 14.4. The number of halogens is 1. The minimum atomic E-state index is -3.68. The third kappa shape index (κ3) is 2.96. The number of sulfonamides is 1. The Morgan fingerprint density at radius 1 is 1.42 bits per heavy atom. The van der Waals surface area contributed by atoms with E-state index in [1.807, 2.05) is 0 Å². The van der Waals surface area contributed by atoms with Crippen LogP contribution in [0.15, 0.2) is 17.0 Å². The standard InChI is InChI=1S/C13H19FN2O2S/c1-8-3-11(4-8)16-19(17,18)13-6-10(7-15)5-12(14)9(13)2/h5-6,8,11,16H,3-4,7,15H2,1-2H3. The highest BCUT2D eigenvalue weighted by Gasteiger charge is 2.31. The van der Waals surface area contributed by atoms with Crippen LogP contribution in [-0.4, -0.2) is 14.5 Å². The lowest BCUT2D eigenvalue weighted by atomic mass is 9.83. The van der Waals surface area contributed by atoms with E-state index in [1.165, 1.54) is 19.1 Å². The molecule has 0 aromatic heterocycles. The van der Waals surface area contributed by atoms with Crippen molar-refractivity contribution >= 4 is 10.0 Å². The SMILES string of the molecule is Cc1c(F)cc(CN)cc1S(=O)(=O)NC1CC(C)C1. The van der Waals surface area contributed by atoms with Gasteiger partial charge in [-0.1, -0.05) is 6.92 Å². The van der Waals surface area contributed by atoms with Crippen LogP contribution < -0.4 is 10.5 Å². The Morgan fingerprint density at radius 2 is 2.05 bits per heavy atom. The van der Waals surface area contributed by atoms with E-state index in [2.05, 4.69) is 11.6 Å². The molecule has 0 amide bonds. The quantitative estimate of drug-likeness (QED) is 0.884. The molecule has 0 bridgehead atoms. The highest BCUT2D eigenvalue weighted by Crippen LogP contribution is 2.29. The van der Waals surface area contributed by atoms with Crippen molar-refractivity contribution in [3.05, 3.63) is 29.1 Å². The van der Waals surface area contributed by atoms with Crippen LogP contribution in [0.2, 0.25) is 0 Å². The van der Waals surface area contributed by atoms with Crippen molar-refractivity contribution in [1.29, 1.82) is 0 Å². The average molecular weight is 286 g/mol. The maximum atomic E-state index is 13.7. The summed E-state index contributed by atoms with van der Waals surface area (Å²) in [5, 5.41) is 0. The molecule has 3 N–H and O–H groups in total. The second kappa shape index (κ2) is 5.19. The van der Waals surface area contributed by atoms with E-state index in [4.69, 9.17) is 5.73 Å². The van der Waals surface area contributed by atoms with Crippen molar-refractivity contribution in [2.75, 3.05) is 0 Å². The molecule has 1 aliphatic carbocycles. The first-order chi connectivity index (χ1) is 8.83. The highest BCUT2D eigenvalue weighted by atomic mass is 32.2. The summed E-state index contributed by atoms with van der Waals surface area (Å²) in [6.07, 6.45) is 1.66. The number of rotatable bonds is 4. The van der Waals surface area contributed by atoms with Crippen LogP contribution in [-0.2, 0) is 16.6 Å². The average Bonchev–Trinajstić information content (AvgIpc) is 2.30. The predicted molar refractivity (Wildman–Crippen MR) is 71.5 cm³/mol. The van der Waals surface area contributed by atoms with E-state index in [-0.39, 0.29) is 23.0 Å². The van der Waals surface area contributed by atoms with Gasteiger partial charge in [0.2, 0.25) is 10.0 Å². The molecule has 0 radical (unpaired) electrons. The number of nitrogens with two attached hydrogens (primary N) is 1. The van der Waals surface area contributed by atoms with Gasteiger partial charge in [0.05, 0.1) is 4.90 Å². The van der Waals surface area contributed by atoms with E-state index >= 15 is 0 Å². The Kier molecular flexibility index (Phi) is 3.94. The molecule has 1 aliphatic rings. The van der Waals surface area contributed by atoms with Crippen molar-refractivity contribution in [1.82, 2.24) is 4.72 Å². The highest BCUT2D eigenvalue weighted by molar-refractivity contribution is 7.89. The fourth-order valence-electron chi connectivity index (χ4n) is 2.39. The van der Waals surface area contributed by atoms with Gasteiger partial charge in [0.15, 0.2) is 0 Å².